The molecule has 1 aliphatic heterocycles. The fourth-order valence-electron chi connectivity index (χ4n) is 2.71. The molecule has 1 fully saturated rings. The second-order valence-electron chi connectivity index (χ2n) is 7.89. The monoisotopic (exact) mass is 412 g/mol. The Morgan fingerprint density at radius 2 is 1.79 bits per heavy atom. The second-order valence-corrected chi connectivity index (χ2v) is 8.33. The van der Waals surface area contributed by atoms with E-state index in [1.54, 1.807) is 24.3 Å². The van der Waals surface area contributed by atoms with Gasteiger partial charge in [-0.1, -0.05) is 11.6 Å². The molecule has 0 saturated carbocycles. The van der Waals surface area contributed by atoms with E-state index in [1.807, 2.05) is 27.7 Å². The Hall–Kier alpha value is -1.32. The average molecular weight is 413 g/mol. The van der Waals surface area contributed by atoms with Gasteiger partial charge in [0.2, 0.25) is 5.91 Å². The summed E-state index contributed by atoms with van der Waals surface area (Å²) >= 11 is 5.89. The number of nitrogens with two attached hydrogens (primary N) is 1. The van der Waals surface area contributed by atoms with Gasteiger partial charge in [0.15, 0.2) is 0 Å². The summed E-state index contributed by atoms with van der Waals surface area (Å²) < 4.78 is 22.9. The number of methoxy groups -OCH3 is 1. The normalized spacial score (nSPS) is 19.9. The highest BCUT2D eigenvalue weighted by Gasteiger charge is 2.54. The number of benzene rings is 1. The highest BCUT2D eigenvalue weighted by molar-refractivity contribution is 6.48. The smallest absolute Gasteiger partial charge is 0.481 e. The molecule has 2 unspecified atom stereocenters. The summed E-state index contributed by atoms with van der Waals surface area (Å²) in [6.45, 7) is 8.35. The quantitative estimate of drug-likeness (QED) is 0.604. The lowest BCUT2D eigenvalue weighted by molar-refractivity contribution is -0.123. The first-order valence-corrected chi connectivity index (χ1v) is 9.72. The molecule has 2 rings (SSSR count). The minimum Gasteiger partial charge on any atom is -0.494 e. The van der Waals surface area contributed by atoms with Crippen molar-refractivity contribution in [2.24, 2.45) is 5.73 Å². The number of rotatable bonds is 9. The predicted octanol–water partition coefficient (Wildman–Crippen LogP) is 2.20. The third kappa shape index (κ3) is 5.84. The van der Waals surface area contributed by atoms with Crippen LogP contribution < -0.4 is 15.8 Å². The van der Waals surface area contributed by atoms with E-state index >= 15 is 0 Å². The molecular weight excluding hydrogens is 382 g/mol. The number of hydrogen-bond acceptors (Lipinski definition) is 6. The maximum atomic E-state index is 12.4. The van der Waals surface area contributed by atoms with Gasteiger partial charge in [-0.15, -0.1) is 0 Å². The highest BCUT2D eigenvalue weighted by Crippen LogP contribution is 2.37. The van der Waals surface area contributed by atoms with Crippen molar-refractivity contribution in [2.75, 3.05) is 20.3 Å². The molecule has 156 valence electrons. The summed E-state index contributed by atoms with van der Waals surface area (Å²) in [6.07, 6.45) is 0.477. The van der Waals surface area contributed by atoms with Crippen LogP contribution in [0.2, 0.25) is 5.02 Å². The summed E-state index contributed by atoms with van der Waals surface area (Å²) in [5, 5.41) is 3.56. The molecule has 28 heavy (non-hydrogen) atoms. The molecule has 0 bridgehead atoms. The van der Waals surface area contributed by atoms with Crippen LogP contribution in [0.3, 0.4) is 0 Å². The van der Waals surface area contributed by atoms with Crippen molar-refractivity contribution in [3.8, 4) is 5.75 Å². The van der Waals surface area contributed by atoms with Crippen LogP contribution in [0.4, 0.5) is 0 Å². The van der Waals surface area contributed by atoms with Gasteiger partial charge in [-0.3, -0.25) is 4.79 Å². The van der Waals surface area contributed by atoms with Gasteiger partial charge in [-0.25, -0.2) is 0 Å². The van der Waals surface area contributed by atoms with E-state index in [0.717, 1.165) is 0 Å². The Labute approximate surface area is 172 Å². The van der Waals surface area contributed by atoms with Crippen molar-refractivity contribution >= 4 is 24.6 Å². The minimum atomic E-state index is -0.771. The molecule has 1 saturated heterocycles. The van der Waals surface area contributed by atoms with E-state index in [2.05, 4.69) is 5.32 Å². The standard InChI is InChI=1S/C19H30BClN2O5/c1-18(2)19(3,4)28-20(27-18)16(23-17(24)15(22)12-25-5)10-11-26-14-8-6-13(21)7-9-14/h6-9,15-16H,10-12,22H2,1-5H3,(H,23,24). The Balaban J connectivity index is 2.03. The number of nitrogens with one attached hydrogen (secondary N) is 1. The molecule has 1 aromatic carbocycles. The zero-order valence-electron chi connectivity index (χ0n) is 17.2. The van der Waals surface area contributed by atoms with Crippen molar-refractivity contribution in [1.82, 2.24) is 5.32 Å². The lowest BCUT2D eigenvalue weighted by atomic mass is 9.76. The first-order chi connectivity index (χ1) is 13.1. The molecule has 9 heteroatoms. The maximum absolute atomic E-state index is 12.4. The number of halogens is 1. The average Bonchev–Trinajstić information content (AvgIpc) is 2.83. The lowest BCUT2D eigenvalue weighted by Gasteiger charge is -2.32. The van der Waals surface area contributed by atoms with Crippen LogP contribution in [-0.4, -0.2) is 56.5 Å². The van der Waals surface area contributed by atoms with Crippen molar-refractivity contribution in [3.05, 3.63) is 29.3 Å². The molecule has 1 aromatic rings. The van der Waals surface area contributed by atoms with E-state index in [0.29, 0.717) is 23.8 Å². The molecule has 1 heterocycles. The summed E-state index contributed by atoms with van der Waals surface area (Å²) in [6, 6.07) is 6.33. The van der Waals surface area contributed by atoms with Crippen LogP contribution in [0.1, 0.15) is 34.1 Å². The fraction of sp³-hybridized carbons (Fsp3) is 0.632. The van der Waals surface area contributed by atoms with E-state index in [-0.39, 0.29) is 12.5 Å². The Morgan fingerprint density at radius 1 is 1.21 bits per heavy atom. The van der Waals surface area contributed by atoms with E-state index < -0.39 is 30.3 Å². The van der Waals surface area contributed by atoms with Gasteiger partial charge in [0.05, 0.1) is 30.4 Å². The van der Waals surface area contributed by atoms with Crippen molar-refractivity contribution in [1.29, 1.82) is 0 Å². The van der Waals surface area contributed by atoms with Gasteiger partial charge in [-0.05, 0) is 52.0 Å². The number of carbonyl (C=O) groups is 1. The number of hydrogen-bond donors (Lipinski definition) is 2. The number of carbonyl (C=O) groups excluding carboxylic acids is 1. The van der Waals surface area contributed by atoms with Crippen LogP contribution in [0.5, 0.6) is 5.75 Å². The summed E-state index contributed by atoms with van der Waals surface area (Å²) in [4.78, 5) is 12.4. The van der Waals surface area contributed by atoms with Crippen LogP contribution >= 0.6 is 11.6 Å². The van der Waals surface area contributed by atoms with Gasteiger partial charge < -0.3 is 29.8 Å². The first-order valence-electron chi connectivity index (χ1n) is 9.34. The summed E-state index contributed by atoms with van der Waals surface area (Å²) in [5.41, 5.74) is 4.84. The maximum Gasteiger partial charge on any atom is 0.481 e. The van der Waals surface area contributed by atoms with Crippen molar-refractivity contribution < 1.29 is 23.6 Å². The molecule has 3 N–H and O–H groups in total. The van der Waals surface area contributed by atoms with Crippen LogP contribution in [0.15, 0.2) is 24.3 Å². The van der Waals surface area contributed by atoms with Gasteiger partial charge in [0, 0.05) is 18.6 Å². The largest absolute Gasteiger partial charge is 0.494 e. The molecule has 7 nitrogen and oxygen atoms in total. The van der Waals surface area contributed by atoms with Crippen LogP contribution in [0, 0.1) is 0 Å². The van der Waals surface area contributed by atoms with Gasteiger partial charge in [0.1, 0.15) is 11.8 Å². The summed E-state index contributed by atoms with van der Waals surface area (Å²) in [5.74, 6) is -0.0590. The fourth-order valence-corrected chi connectivity index (χ4v) is 2.83. The Morgan fingerprint density at radius 3 is 2.32 bits per heavy atom. The molecule has 2 atom stereocenters. The van der Waals surface area contributed by atoms with Gasteiger partial charge in [0.25, 0.3) is 0 Å². The van der Waals surface area contributed by atoms with Crippen molar-refractivity contribution in [3.63, 3.8) is 0 Å². The highest BCUT2D eigenvalue weighted by atomic mass is 35.5. The molecule has 1 aliphatic rings. The predicted molar refractivity (Wildman–Crippen MR) is 109 cm³/mol. The molecule has 0 radical (unpaired) electrons. The first kappa shape index (κ1) is 23.0. The molecule has 0 spiro atoms. The Bertz CT molecular complexity index is 640. The third-order valence-corrected chi connectivity index (χ3v) is 5.37. The molecule has 1 amide bonds. The van der Waals surface area contributed by atoms with E-state index in [1.165, 1.54) is 7.11 Å². The van der Waals surface area contributed by atoms with Gasteiger partial charge >= 0.3 is 7.12 Å². The molecule has 0 aliphatic carbocycles. The zero-order chi connectivity index (χ0) is 20.9. The van der Waals surface area contributed by atoms with Gasteiger partial charge in [-0.2, -0.15) is 0 Å². The topological polar surface area (TPSA) is 92.0 Å². The van der Waals surface area contributed by atoms with E-state index in [4.69, 9.17) is 36.1 Å². The van der Waals surface area contributed by atoms with Crippen molar-refractivity contribution in [2.45, 2.75) is 57.3 Å². The summed E-state index contributed by atoms with van der Waals surface area (Å²) in [7, 11) is 0.885. The van der Waals surface area contributed by atoms with Crippen LogP contribution in [0.25, 0.3) is 0 Å². The van der Waals surface area contributed by atoms with Crippen LogP contribution in [-0.2, 0) is 18.8 Å². The Kier molecular flexibility index (Phi) is 7.76. The molecule has 0 aromatic heterocycles. The number of ether oxygens (including phenoxy) is 2. The third-order valence-electron chi connectivity index (χ3n) is 5.12. The SMILES string of the molecule is COCC(N)C(=O)NC(CCOc1ccc(Cl)cc1)B1OC(C)(C)C(C)(C)O1. The zero-order valence-corrected chi connectivity index (χ0v) is 17.9. The minimum absolute atomic E-state index is 0.128. The lowest BCUT2D eigenvalue weighted by Crippen LogP contribution is -2.54. The molecular formula is C19H30BClN2O5. The van der Waals surface area contributed by atoms with E-state index in [9.17, 15) is 4.79 Å². The second kappa shape index (κ2) is 9.46. The number of amides is 1.